The van der Waals surface area contributed by atoms with E-state index in [2.05, 4.69) is 17.6 Å². The molecule has 0 radical (unpaired) electrons. The molecule has 1 unspecified atom stereocenters. The third kappa shape index (κ3) is 4.30. The standard InChI is InChI=1S/C14H28N2O/c1-5-15-14(3,4)13(17)16-11(2)12-9-7-6-8-10-12/h11-12,15H,5-10H2,1-4H3,(H,16,17). The minimum atomic E-state index is -0.461. The van der Waals surface area contributed by atoms with Crippen molar-refractivity contribution in [2.75, 3.05) is 6.54 Å². The van der Waals surface area contributed by atoms with Crippen molar-refractivity contribution in [1.29, 1.82) is 0 Å². The Labute approximate surface area is 106 Å². The van der Waals surface area contributed by atoms with E-state index in [4.69, 9.17) is 0 Å². The van der Waals surface area contributed by atoms with Gasteiger partial charge in [-0.25, -0.2) is 0 Å². The predicted octanol–water partition coefficient (Wildman–Crippen LogP) is 2.46. The molecule has 1 amide bonds. The van der Waals surface area contributed by atoms with E-state index in [9.17, 15) is 4.79 Å². The molecule has 0 aromatic carbocycles. The van der Waals surface area contributed by atoms with Gasteiger partial charge in [0.25, 0.3) is 0 Å². The van der Waals surface area contributed by atoms with E-state index in [-0.39, 0.29) is 5.91 Å². The van der Waals surface area contributed by atoms with Crippen LogP contribution in [0, 0.1) is 5.92 Å². The van der Waals surface area contributed by atoms with Gasteiger partial charge in [0.05, 0.1) is 5.54 Å². The minimum Gasteiger partial charge on any atom is -0.352 e. The lowest BCUT2D eigenvalue weighted by atomic mass is 9.84. The Balaban J connectivity index is 2.44. The average Bonchev–Trinajstić information content (AvgIpc) is 2.30. The van der Waals surface area contributed by atoms with Crippen molar-refractivity contribution >= 4 is 5.91 Å². The summed E-state index contributed by atoms with van der Waals surface area (Å²) in [6.07, 6.45) is 6.54. The van der Waals surface area contributed by atoms with Gasteiger partial charge in [-0.2, -0.15) is 0 Å². The molecule has 0 heterocycles. The van der Waals surface area contributed by atoms with Crippen LogP contribution < -0.4 is 10.6 Å². The van der Waals surface area contributed by atoms with Gasteiger partial charge in [0, 0.05) is 6.04 Å². The molecular weight excluding hydrogens is 212 g/mol. The molecule has 1 fully saturated rings. The molecule has 100 valence electrons. The lowest BCUT2D eigenvalue weighted by molar-refractivity contribution is -0.127. The van der Waals surface area contributed by atoms with E-state index in [0.717, 1.165) is 6.54 Å². The van der Waals surface area contributed by atoms with Crippen LogP contribution in [-0.2, 0) is 4.79 Å². The second-order valence-corrected chi connectivity index (χ2v) is 5.82. The molecule has 1 aliphatic carbocycles. The van der Waals surface area contributed by atoms with Gasteiger partial charge in [0.15, 0.2) is 0 Å². The molecule has 1 saturated carbocycles. The van der Waals surface area contributed by atoms with Crippen LogP contribution in [0.2, 0.25) is 0 Å². The summed E-state index contributed by atoms with van der Waals surface area (Å²) < 4.78 is 0. The zero-order chi connectivity index (χ0) is 12.9. The fourth-order valence-electron chi connectivity index (χ4n) is 2.66. The first-order valence-electron chi connectivity index (χ1n) is 7.03. The van der Waals surface area contributed by atoms with E-state index in [0.29, 0.717) is 12.0 Å². The number of nitrogens with one attached hydrogen (secondary N) is 2. The molecule has 17 heavy (non-hydrogen) atoms. The Hall–Kier alpha value is -0.570. The topological polar surface area (TPSA) is 41.1 Å². The summed E-state index contributed by atoms with van der Waals surface area (Å²) in [6.45, 7) is 8.88. The summed E-state index contributed by atoms with van der Waals surface area (Å²) >= 11 is 0. The average molecular weight is 240 g/mol. The minimum absolute atomic E-state index is 0.123. The highest BCUT2D eigenvalue weighted by molar-refractivity contribution is 5.85. The van der Waals surface area contributed by atoms with Crippen LogP contribution in [0.3, 0.4) is 0 Å². The smallest absolute Gasteiger partial charge is 0.239 e. The summed E-state index contributed by atoms with van der Waals surface area (Å²) in [4.78, 5) is 12.1. The van der Waals surface area contributed by atoms with Crippen molar-refractivity contribution in [3.63, 3.8) is 0 Å². The fourth-order valence-corrected chi connectivity index (χ4v) is 2.66. The highest BCUT2D eigenvalue weighted by atomic mass is 16.2. The molecule has 0 saturated heterocycles. The second-order valence-electron chi connectivity index (χ2n) is 5.82. The first-order chi connectivity index (χ1) is 7.97. The molecule has 1 aliphatic rings. The molecule has 0 spiro atoms. The van der Waals surface area contributed by atoms with Gasteiger partial charge in [-0.1, -0.05) is 26.2 Å². The summed E-state index contributed by atoms with van der Waals surface area (Å²) in [5.74, 6) is 0.794. The van der Waals surface area contributed by atoms with Crippen molar-refractivity contribution in [3.8, 4) is 0 Å². The zero-order valence-electron chi connectivity index (χ0n) is 11.8. The maximum atomic E-state index is 12.1. The Kier molecular flexibility index (Phi) is 5.44. The molecule has 0 aliphatic heterocycles. The van der Waals surface area contributed by atoms with Crippen LogP contribution in [0.5, 0.6) is 0 Å². The van der Waals surface area contributed by atoms with E-state index in [1.807, 2.05) is 20.8 Å². The maximum Gasteiger partial charge on any atom is 0.239 e. The normalized spacial score (nSPS) is 20.0. The SMILES string of the molecule is CCNC(C)(C)C(=O)NC(C)C1CCCCC1. The lowest BCUT2D eigenvalue weighted by Gasteiger charge is -2.32. The predicted molar refractivity (Wildman–Crippen MR) is 71.9 cm³/mol. The van der Waals surface area contributed by atoms with Crippen molar-refractivity contribution in [2.24, 2.45) is 5.92 Å². The number of rotatable bonds is 5. The van der Waals surface area contributed by atoms with Crippen molar-refractivity contribution < 1.29 is 4.79 Å². The largest absolute Gasteiger partial charge is 0.352 e. The number of amides is 1. The molecule has 1 rings (SSSR count). The maximum absolute atomic E-state index is 12.1. The number of carbonyl (C=O) groups is 1. The first kappa shape index (κ1) is 14.5. The zero-order valence-corrected chi connectivity index (χ0v) is 11.8. The van der Waals surface area contributed by atoms with E-state index >= 15 is 0 Å². The van der Waals surface area contributed by atoms with Crippen molar-refractivity contribution in [1.82, 2.24) is 10.6 Å². The summed E-state index contributed by atoms with van der Waals surface area (Å²) in [5, 5.41) is 6.39. The van der Waals surface area contributed by atoms with Gasteiger partial charge in [0.2, 0.25) is 5.91 Å². The van der Waals surface area contributed by atoms with E-state index in [1.54, 1.807) is 0 Å². The molecule has 0 bridgehead atoms. The number of likely N-dealkylation sites (N-methyl/N-ethyl adjacent to an activating group) is 1. The number of hydrogen-bond acceptors (Lipinski definition) is 2. The highest BCUT2D eigenvalue weighted by Crippen LogP contribution is 2.26. The molecule has 2 N–H and O–H groups in total. The molecule has 0 aromatic rings. The van der Waals surface area contributed by atoms with E-state index < -0.39 is 5.54 Å². The van der Waals surface area contributed by atoms with Crippen LogP contribution in [0.15, 0.2) is 0 Å². The molecule has 1 atom stereocenters. The number of hydrogen-bond donors (Lipinski definition) is 2. The molecule has 3 heteroatoms. The molecule has 3 nitrogen and oxygen atoms in total. The summed E-state index contributed by atoms with van der Waals surface area (Å²) in [6, 6.07) is 0.306. The van der Waals surface area contributed by atoms with Crippen LogP contribution in [0.25, 0.3) is 0 Å². The highest BCUT2D eigenvalue weighted by Gasteiger charge is 2.29. The second kappa shape index (κ2) is 6.39. The number of carbonyl (C=O) groups excluding carboxylic acids is 1. The van der Waals surface area contributed by atoms with Crippen LogP contribution in [0.4, 0.5) is 0 Å². The third-order valence-electron chi connectivity index (χ3n) is 3.90. The van der Waals surface area contributed by atoms with Crippen LogP contribution in [-0.4, -0.2) is 24.0 Å². The van der Waals surface area contributed by atoms with Crippen LogP contribution in [0.1, 0.15) is 59.8 Å². The first-order valence-corrected chi connectivity index (χ1v) is 7.03. The fraction of sp³-hybridized carbons (Fsp3) is 0.929. The monoisotopic (exact) mass is 240 g/mol. The Morgan fingerprint density at radius 3 is 2.41 bits per heavy atom. The molecule has 0 aromatic heterocycles. The van der Waals surface area contributed by atoms with Crippen molar-refractivity contribution in [2.45, 2.75) is 71.4 Å². The summed E-state index contributed by atoms with van der Waals surface area (Å²) in [7, 11) is 0. The van der Waals surface area contributed by atoms with Gasteiger partial charge in [-0.3, -0.25) is 4.79 Å². The quantitative estimate of drug-likeness (QED) is 0.775. The Bertz CT molecular complexity index is 245. The summed E-state index contributed by atoms with van der Waals surface area (Å²) in [5.41, 5.74) is -0.461. The van der Waals surface area contributed by atoms with Gasteiger partial charge >= 0.3 is 0 Å². The van der Waals surface area contributed by atoms with Crippen LogP contribution >= 0.6 is 0 Å². The van der Waals surface area contributed by atoms with Gasteiger partial charge in [-0.05, 0) is 46.1 Å². The molecular formula is C14H28N2O. The van der Waals surface area contributed by atoms with Gasteiger partial charge in [-0.15, -0.1) is 0 Å². The Morgan fingerprint density at radius 1 is 1.29 bits per heavy atom. The Morgan fingerprint density at radius 2 is 1.88 bits per heavy atom. The third-order valence-corrected chi connectivity index (χ3v) is 3.90. The lowest BCUT2D eigenvalue weighted by Crippen LogP contribution is -2.55. The van der Waals surface area contributed by atoms with Gasteiger partial charge in [0.1, 0.15) is 0 Å². The van der Waals surface area contributed by atoms with Gasteiger partial charge < -0.3 is 10.6 Å². The van der Waals surface area contributed by atoms with Crippen molar-refractivity contribution in [3.05, 3.63) is 0 Å². The van der Waals surface area contributed by atoms with E-state index in [1.165, 1.54) is 32.1 Å².